The summed E-state index contributed by atoms with van der Waals surface area (Å²) in [5, 5.41) is 16.8. The van der Waals surface area contributed by atoms with E-state index in [9.17, 15) is 14.7 Å². The number of amides is 2. The summed E-state index contributed by atoms with van der Waals surface area (Å²) in [6, 6.07) is 4.63. The molecule has 0 aliphatic heterocycles. The first-order valence-electron chi connectivity index (χ1n) is 8.69. The number of fused-ring (bicyclic) bond motifs is 1. The minimum Gasteiger partial charge on any atom is -0.423 e. The van der Waals surface area contributed by atoms with Crippen LogP contribution < -0.4 is 16.3 Å². The molecule has 0 saturated heterocycles. The molecule has 1 aliphatic carbocycles. The van der Waals surface area contributed by atoms with Gasteiger partial charge < -0.3 is 20.2 Å². The summed E-state index contributed by atoms with van der Waals surface area (Å²) >= 11 is 0. The largest absolute Gasteiger partial charge is 0.423 e. The van der Waals surface area contributed by atoms with Crippen LogP contribution in [0, 0.1) is 13.8 Å². The van der Waals surface area contributed by atoms with Crippen LogP contribution in [0.5, 0.6) is 0 Å². The van der Waals surface area contributed by atoms with Crippen molar-refractivity contribution < 1.29 is 14.3 Å². The van der Waals surface area contributed by atoms with Gasteiger partial charge in [0.25, 0.3) is 0 Å². The Morgan fingerprint density at radius 1 is 1.16 bits per heavy atom. The van der Waals surface area contributed by atoms with E-state index in [1.807, 2.05) is 13.8 Å². The van der Waals surface area contributed by atoms with Gasteiger partial charge >= 0.3 is 11.7 Å². The zero-order valence-electron chi connectivity index (χ0n) is 14.6. The van der Waals surface area contributed by atoms with Crippen LogP contribution in [0.2, 0.25) is 0 Å². The quantitative estimate of drug-likeness (QED) is 0.746. The van der Waals surface area contributed by atoms with E-state index in [0.29, 0.717) is 11.3 Å². The van der Waals surface area contributed by atoms with Crippen LogP contribution in [-0.2, 0) is 0 Å². The van der Waals surface area contributed by atoms with E-state index in [2.05, 4.69) is 10.6 Å². The molecule has 6 nitrogen and oxygen atoms in total. The first-order valence-corrected chi connectivity index (χ1v) is 8.69. The first-order chi connectivity index (χ1) is 11.9. The summed E-state index contributed by atoms with van der Waals surface area (Å²) in [5.41, 5.74) is 1.57. The van der Waals surface area contributed by atoms with Crippen molar-refractivity contribution in [1.29, 1.82) is 0 Å². The molecule has 1 aromatic heterocycles. The molecule has 1 aromatic carbocycles. The number of anilines is 1. The third-order valence-corrected chi connectivity index (χ3v) is 4.91. The number of nitrogens with one attached hydrogen (secondary N) is 2. The zero-order chi connectivity index (χ0) is 18.0. The van der Waals surface area contributed by atoms with Crippen molar-refractivity contribution in [2.24, 2.45) is 0 Å². The predicted octanol–water partition coefficient (Wildman–Crippen LogP) is 3.23. The summed E-state index contributed by atoms with van der Waals surface area (Å²) in [4.78, 5) is 23.7. The minimum absolute atomic E-state index is 0.249. The smallest absolute Gasteiger partial charge is 0.336 e. The van der Waals surface area contributed by atoms with E-state index in [-0.39, 0.29) is 18.2 Å². The number of carbonyl (C=O) groups is 1. The van der Waals surface area contributed by atoms with Gasteiger partial charge in [-0.2, -0.15) is 0 Å². The molecule has 0 atom stereocenters. The summed E-state index contributed by atoms with van der Waals surface area (Å²) in [6.45, 7) is 3.92. The fraction of sp³-hybridized carbons (Fsp3) is 0.474. The maximum absolute atomic E-state index is 12.2. The van der Waals surface area contributed by atoms with Crippen molar-refractivity contribution in [2.75, 3.05) is 11.9 Å². The molecular formula is C19H24N2O4. The van der Waals surface area contributed by atoms with Crippen LogP contribution in [0.4, 0.5) is 10.5 Å². The van der Waals surface area contributed by atoms with Crippen LogP contribution in [0.3, 0.4) is 0 Å². The molecule has 25 heavy (non-hydrogen) atoms. The lowest BCUT2D eigenvalue weighted by atomic mass is 9.85. The maximum atomic E-state index is 12.2. The van der Waals surface area contributed by atoms with Crippen LogP contribution in [0.15, 0.2) is 27.4 Å². The summed E-state index contributed by atoms with van der Waals surface area (Å²) < 4.78 is 5.21. The highest BCUT2D eigenvalue weighted by molar-refractivity contribution is 5.94. The molecule has 0 bridgehead atoms. The summed E-state index contributed by atoms with van der Waals surface area (Å²) in [6.07, 6.45) is 4.57. The van der Waals surface area contributed by atoms with E-state index in [4.69, 9.17) is 4.42 Å². The normalized spacial score (nSPS) is 16.6. The monoisotopic (exact) mass is 344 g/mol. The topological polar surface area (TPSA) is 91.6 Å². The maximum Gasteiger partial charge on any atom is 0.336 e. The van der Waals surface area contributed by atoms with Crippen molar-refractivity contribution in [3.05, 3.63) is 39.7 Å². The van der Waals surface area contributed by atoms with Crippen molar-refractivity contribution >= 4 is 22.7 Å². The molecule has 1 aliphatic rings. The highest BCUT2D eigenvalue weighted by Crippen LogP contribution is 2.28. The van der Waals surface area contributed by atoms with E-state index < -0.39 is 5.60 Å². The van der Waals surface area contributed by atoms with E-state index in [1.165, 1.54) is 6.07 Å². The lowest BCUT2D eigenvalue weighted by molar-refractivity contribution is 0.00755. The molecule has 0 radical (unpaired) electrons. The Balaban J connectivity index is 1.72. The highest BCUT2D eigenvalue weighted by Gasteiger charge is 2.29. The third kappa shape index (κ3) is 4.02. The van der Waals surface area contributed by atoms with Crippen LogP contribution in [0.1, 0.15) is 43.2 Å². The van der Waals surface area contributed by atoms with Crippen LogP contribution >= 0.6 is 0 Å². The Bertz CT molecular complexity index is 850. The number of aryl methyl sites for hydroxylation is 2. The molecule has 2 amide bonds. The number of hydrogen-bond acceptors (Lipinski definition) is 4. The first kappa shape index (κ1) is 17.5. The van der Waals surface area contributed by atoms with Gasteiger partial charge in [-0.3, -0.25) is 0 Å². The second kappa shape index (κ2) is 6.88. The number of aliphatic hydroxyl groups is 1. The Morgan fingerprint density at radius 2 is 1.88 bits per heavy atom. The van der Waals surface area contributed by atoms with Crippen LogP contribution in [0.25, 0.3) is 11.0 Å². The Kier molecular flexibility index (Phi) is 4.81. The molecule has 1 heterocycles. The number of carbonyl (C=O) groups excluding carboxylic acids is 1. The van der Waals surface area contributed by atoms with Gasteiger partial charge in [-0.1, -0.05) is 19.3 Å². The fourth-order valence-electron chi connectivity index (χ4n) is 3.40. The lowest BCUT2D eigenvalue weighted by Crippen LogP contribution is -2.45. The third-order valence-electron chi connectivity index (χ3n) is 4.91. The molecule has 3 N–H and O–H groups in total. The van der Waals surface area contributed by atoms with Crippen LogP contribution in [-0.4, -0.2) is 23.3 Å². The van der Waals surface area contributed by atoms with Gasteiger partial charge in [0.2, 0.25) is 0 Å². The molecule has 0 unspecified atom stereocenters. The predicted molar refractivity (Wildman–Crippen MR) is 97.0 cm³/mol. The number of hydrogen-bond donors (Lipinski definition) is 3. The van der Waals surface area contributed by atoms with Gasteiger partial charge in [0, 0.05) is 23.7 Å². The van der Waals surface area contributed by atoms with Gasteiger partial charge in [-0.05, 0) is 49.9 Å². The average Bonchev–Trinajstić information content (AvgIpc) is 2.55. The molecule has 3 rings (SSSR count). The van der Waals surface area contributed by atoms with Gasteiger partial charge in [0.05, 0.1) is 5.60 Å². The molecule has 6 heteroatoms. The molecular weight excluding hydrogens is 320 g/mol. The summed E-state index contributed by atoms with van der Waals surface area (Å²) in [5.74, 6) is 0. The average molecular weight is 344 g/mol. The van der Waals surface area contributed by atoms with E-state index in [1.54, 1.807) is 12.1 Å². The fourth-order valence-corrected chi connectivity index (χ4v) is 3.40. The Hall–Kier alpha value is -2.34. The SMILES string of the molecule is Cc1cc2oc(=O)cc(C)c2cc1NC(=O)NCC1(O)CCCCC1. The van der Waals surface area contributed by atoms with Gasteiger partial charge in [0.15, 0.2) is 0 Å². The van der Waals surface area contributed by atoms with E-state index in [0.717, 1.165) is 48.6 Å². The number of benzene rings is 1. The van der Waals surface area contributed by atoms with Crippen molar-refractivity contribution in [3.8, 4) is 0 Å². The number of rotatable bonds is 3. The second-order valence-electron chi connectivity index (χ2n) is 7.00. The van der Waals surface area contributed by atoms with Gasteiger partial charge in [0.1, 0.15) is 5.58 Å². The van der Waals surface area contributed by atoms with Crippen molar-refractivity contribution in [3.63, 3.8) is 0 Å². The zero-order valence-corrected chi connectivity index (χ0v) is 14.6. The second-order valence-corrected chi connectivity index (χ2v) is 7.00. The van der Waals surface area contributed by atoms with Gasteiger partial charge in [-0.25, -0.2) is 9.59 Å². The Morgan fingerprint density at radius 3 is 2.60 bits per heavy atom. The molecule has 1 saturated carbocycles. The standard InChI is InChI=1S/C19H24N2O4/c1-12-9-17(22)25-16-8-13(2)15(10-14(12)16)21-18(23)20-11-19(24)6-4-3-5-7-19/h8-10,24H,3-7,11H2,1-2H3,(H2,20,21,23). The lowest BCUT2D eigenvalue weighted by Gasteiger charge is -2.32. The van der Waals surface area contributed by atoms with E-state index >= 15 is 0 Å². The van der Waals surface area contributed by atoms with Gasteiger partial charge in [-0.15, -0.1) is 0 Å². The molecule has 134 valence electrons. The molecule has 2 aromatic rings. The molecule has 0 spiro atoms. The molecule has 1 fully saturated rings. The Labute approximate surface area is 146 Å². The minimum atomic E-state index is -0.798. The van der Waals surface area contributed by atoms with Crippen molar-refractivity contribution in [2.45, 2.75) is 51.6 Å². The highest BCUT2D eigenvalue weighted by atomic mass is 16.4. The summed E-state index contributed by atoms with van der Waals surface area (Å²) in [7, 11) is 0. The van der Waals surface area contributed by atoms with Crippen molar-refractivity contribution in [1.82, 2.24) is 5.32 Å². The number of urea groups is 1.